The zero-order valence-electron chi connectivity index (χ0n) is 9.93. The van der Waals surface area contributed by atoms with E-state index in [1.165, 1.54) is 12.3 Å². The van der Waals surface area contributed by atoms with E-state index >= 15 is 0 Å². The SMILES string of the molecule is CSCCNc1nncc(-c2ccccc2F)n1. The summed E-state index contributed by atoms with van der Waals surface area (Å²) in [6.07, 6.45) is 3.48. The van der Waals surface area contributed by atoms with Gasteiger partial charge in [0, 0.05) is 17.9 Å². The number of hydrogen-bond acceptors (Lipinski definition) is 5. The third-order valence-corrected chi connectivity index (χ3v) is 2.91. The van der Waals surface area contributed by atoms with Crippen LogP contribution in [0.15, 0.2) is 30.5 Å². The number of aromatic nitrogens is 3. The minimum absolute atomic E-state index is 0.312. The fourth-order valence-corrected chi connectivity index (χ4v) is 1.75. The quantitative estimate of drug-likeness (QED) is 0.841. The molecule has 1 N–H and O–H groups in total. The number of nitrogens with zero attached hydrogens (tertiary/aromatic N) is 3. The first-order valence-electron chi connectivity index (χ1n) is 5.48. The number of halogens is 1. The second kappa shape index (κ2) is 6.30. The summed E-state index contributed by atoms with van der Waals surface area (Å²) in [6, 6.07) is 6.48. The smallest absolute Gasteiger partial charge is 0.243 e. The first-order valence-corrected chi connectivity index (χ1v) is 6.88. The molecule has 1 aromatic carbocycles. The predicted molar refractivity (Wildman–Crippen MR) is 72.1 cm³/mol. The Kier molecular flexibility index (Phi) is 4.46. The first-order chi connectivity index (χ1) is 8.81. The van der Waals surface area contributed by atoms with Crippen LogP contribution < -0.4 is 5.32 Å². The number of rotatable bonds is 5. The third-order valence-electron chi connectivity index (χ3n) is 2.30. The van der Waals surface area contributed by atoms with Gasteiger partial charge in [-0.25, -0.2) is 9.37 Å². The molecule has 0 atom stereocenters. The summed E-state index contributed by atoms with van der Waals surface area (Å²) in [4.78, 5) is 4.24. The Bertz CT molecular complexity index is 521. The summed E-state index contributed by atoms with van der Waals surface area (Å²) in [6.45, 7) is 0.754. The minimum Gasteiger partial charge on any atom is -0.352 e. The van der Waals surface area contributed by atoms with Crippen LogP contribution in [-0.2, 0) is 0 Å². The summed E-state index contributed by atoms with van der Waals surface area (Å²) in [5.74, 6) is 1.06. The van der Waals surface area contributed by atoms with E-state index in [0.717, 1.165) is 12.3 Å². The molecule has 1 heterocycles. The van der Waals surface area contributed by atoms with E-state index in [0.29, 0.717) is 17.2 Å². The van der Waals surface area contributed by atoms with Gasteiger partial charge in [0.1, 0.15) is 5.82 Å². The average molecular weight is 264 g/mol. The van der Waals surface area contributed by atoms with Crippen molar-refractivity contribution in [2.45, 2.75) is 0 Å². The molecule has 4 nitrogen and oxygen atoms in total. The fourth-order valence-electron chi connectivity index (χ4n) is 1.44. The molecule has 1 aromatic heterocycles. The number of benzene rings is 1. The summed E-state index contributed by atoms with van der Waals surface area (Å²) < 4.78 is 13.6. The highest BCUT2D eigenvalue weighted by molar-refractivity contribution is 7.98. The van der Waals surface area contributed by atoms with Crippen LogP contribution in [0.4, 0.5) is 10.3 Å². The van der Waals surface area contributed by atoms with Crippen molar-refractivity contribution in [2.24, 2.45) is 0 Å². The molecular formula is C12H13FN4S. The Morgan fingerprint density at radius 2 is 2.17 bits per heavy atom. The highest BCUT2D eigenvalue weighted by Gasteiger charge is 2.07. The van der Waals surface area contributed by atoms with Crippen molar-refractivity contribution in [3.8, 4) is 11.3 Å². The van der Waals surface area contributed by atoms with Gasteiger partial charge in [-0.1, -0.05) is 12.1 Å². The van der Waals surface area contributed by atoms with Crippen molar-refractivity contribution < 1.29 is 4.39 Å². The molecule has 0 unspecified atom stereocenters. The van der Waals surface area contributed by atoms with E-state index < -0.39 is 0 Å². The highest BCUT2D eigenvalue weighted by Crippen LogP contribution is 2.19. The largest absolute Gasteiger partial charge is 0.352 e. The van der Waals surface area contributed by atoms with Crippen LogP contribution in [0.3, 0.4) is 0 Å². The average Bonchev–Trinajstić information content (AvgIpc) is 2.40. The van der Waals surface area contributed by atoms with Crippen LogP contribution in [0.2, 0.25) is 0 Å². The Balaban J connectivity index is 2.19. The van der Waals surface area contributed by atoms with Gasteiger partial charge in [-0.15, -0.1) is 5.10 Å². The van der Waals surface area contributed by atoms with Crippen molar-refractivity contribution >= 4 is 17.7 Å². The van der Waals surface area contributed by atoms with Crippen molar-refractivity contribution in [1.82, 2.24) is 15.2 Å². The van der Waals surface area contributed by atoms with Gasteiger partial charge >= 0.3 is 0 Å². The van der Waals surface area contributed by atoms with Crippen molar-refractivity contribution in [3.63, 3.8) is 0 Å². The molecule has 0 amide bonds. The second-order valence-corrected chi connectivity index (χ2v) is 4.55. The molecule has 0 fully saturated rings. The number of anilines is 1. The maximum Gasteiger partial charge on any atom is 0.243 e. The van der Waals surface area contributed by atoms with E-state index in [2.05, 4.69) is 20.5 Å². The van der Waals surface area contributed by atoms with E-state index in [1.807, 2.05) is 6.26 Å². The van der Waals surface area contributed by atoms with E-state index in [1.54, 1.807) is 30.0 Å². The van der Waals surface area contributed by atoms with Gasteiger partial charge in [0.05, 0.1) is 11.9 Å². The lowest BCUT2D eigenvalue weighted by atomic mass is 10.1. The van der Waals surface area contributed by atoms with Gasteiger partial charge in [-0.3, -0.25) is 0 Å². The summed E-state index contributed by atoms with van der Waals surface area (Å²) in [5, 5.41) is 10.7. The van der Waals surface area contributed by atoms with Gasteiger partial charge in [0.2, 0.25) is 5.95 Å². The topological polar surface area (TPSA) is 50.7 Å². The molecule has 0 aliphatic heterocycles. The number of hydrogen-bond donors (Lipinski definition) is 1. The first kappa shape index (κ1) is 12.8. The van der Waals surface area contributed by atoms with Crippen molar-refractivity contribution in [3.05, 3.63) is 36.3 Å². The molecule has 94 valence electrons. The highest BCUT2D eigenvalue weighted by atomic mass is 32.2. The summed E-state index contributed by atoms with van der Waals surface area (Å²) in [5.41, 5.74) is 0.912. The predicted octanol–water partition coefficient (Wildman–Crippen LogP) is 2.45. The fraction of sp³-hybridized carbons (Fsp3) is 0.250. The molecule has 0 saturated carbocycles. The molecule has 6 heteroatoms. The lowest BCUT2D eigenvalue weighted by molar-refractivity contribution is 0.630. The maximum absolute atomic E-state index is 13.6. The maximum atomic E-state index is 13.6. The second-order valence-electron chi connectivity index (χ2n) is 3.56. The van der Waals surface area contributed by atoms with Gasteiger partial charge in [-0.2, -0.15) is 16.9 Å². The molecule has 2 aromatic rings. The van der Waals surface area contributed by atoms with E-state index in [4.69, 9.17) is 0 Å². The van der Waals surface area contributed by atoms with Gasteiger partial charge < -0.3 is 5.32 Å². The van der Waals surface area contributed by atoms with Gasteiger partial charge in [0.15, 0.2) is 0 Å². The number of thioether (sulfide) groups is 1. The van der Waals surface area contributed by atoms with E-state index in [9.17, 15) is 4.39 Å². The molecule has 0 aliphatic carbocycles. The molecule has 0 radical (unpaired) electrons. The molecule has 0 bridgehead atoms. The van der Waals surface area contributed by atoms with Crippen LogP contribution >= 0.6 is 11.8 Å². The van der Waals surface area contributed by atoms with Crippen LogP contribution in [0.1, 0.15) is 0 Å². The zero-order valence-corrected chi connectivity index (χ0v) is 10.7. The molecule has 0 spiro atoms. The molecule has 2 rings (SSSR count). The Hall–Kier alpha value is -1.69. The Labute approximate surface area is 109 Å². The zero-order chi connectivity index (χ0) is 12.8. The summed E-state index contributed by atoms with van der Waals surface area (Å²) >= 11 is 1.73. The van der Waals surface area contributed by atoms with Crippen LogP contribution in [0, 0.1) is 5.82 Å². The Morgan fingerprint density at radius 3 is 2.94 bits per heavy atom. The van der Waals surface area contributed by atoms with E-state index in [-0.39, 0.29) is 5.82 Å². The standard InChI is InChI=1S/C12H13FN4S/c1-18-7-6-14-12-16-11(8-15-17-12)9-4-2-3-5-10(9)13/h2-5,8H,6-7H2,1H3,(H,14,16,17). The monoisotopic (exact) mass is 264 g/mol. The molecule has 0 saturated heterocycles. The Morgan fingerprint density at radius 1 is 1.33 bits per heavy atom. The number of nitrogens with one attached hydrogen (secondary N) is 1. The van der Waals surface area contributed by atoms with Crippen LogP contribution in [0.5, 0.6) is 0 Å². The normalized spacial score (nSPS) is 10.3. The van der Waals surface area contributed by atoms with Crippen LogP contribution in [0.25, 0.3) is 11.3 Å². The summed E-state index contributed by atoms with van der Waals surface area (Å²) in [7, 11) is 0. The van der Waals surface area contributed by atoms with Crippen molar-refractivity contribution in [2.75, 3.05) is 23.9 Å². The van der Waals surface area contributed by atoms with Gasteiger partial charge in [0.25, 0.3) is 0 Å². The van der Waals surface area contributed by atoms with Gasteiger partial charge in [-0.05, 0) is 18.4 Å². The lowest BCUT2D eigenvalue weighted by Gasteiger charge is -2.05. The molecule has 0 aliphatic rings. The van der Waals surface area contributed by atoms with Crippen LogP contribution in [-0.4, -0.2) is 33.7 Å². The molecular weight excluding hydrogens is 251 g/mol. The van der Waals surface area contributed by atoms with Crippen molar-refractivity contribution in [1.29, 1.82) is 0 Å². The molecule has 18 heavy (non-hydrogen) atoms. The lowest BCUT2D eigenvalue weighted by Crippen LogP contribution is -2.08. The third kappa shape index (κ3) is 3.16. The minimum atomic E-state index is -0.312.